The van der Waals surface area contributed by atoms with Crippen LogP contribution in [0.1, 0.15) is 10.4 Å². The third kappa shape index (κ3) is 2.97. The summed E-state index contributed by atoms with van der Waals surface area (Å²) in [5, 5.41) is 2.76. The summed E-state index contributed by atoms with van der Waals surface area (Å²) in [6, 6.07) is 5.77. The van der Waals surface area contributed by atoms with Crippen molar-refractivity contribution in [2.75, 3.05) is 11.1 Å². The Morgan fingerprint density at radius 3 is 2.45 bits per heavy atom. The summed E-state index contributed by atoms with van der Waals surface area (Å²) in [4.78, 5) is 11.2. The molecule has 0 radical (unpaired) electrons. The van der Waals surface area contributed by atoms with Crippen molar-refractivity contribution in [2.45, 2.75) is 0 Å². The van der Waals surface area contributed by atoms with Crippen LogP contribution in [0.4, 0.5) is 25.8 Å². The number of halogens is 3. The Labute approximate surface area is 118 Å². The number of nitrogens with one attached hydrogen (secondary N) is 1. The Kier molecular flexibility index (Phi) is 3.76. The van der Waals surface area contributed by atoms with Crippen LogP contribution in [0.15, 0.2) is 30.3 Å². The normalized spacial score (nSPS) is 10.3. The largest absolute Gasteiger partial charge is 0.398 e. The minimum absolute atomic E-state index is 0.0311. The first-order valence-corrected chi connectivity index (χ1v) is 5.86. The van der Waals surface area contributed by atoms with Gasteiger partial charge in [0.15, 0.2) is 0 Å². The molecule has 1 amide bonds. The molecule has 0 aliphatic heterocycles. The van der Waals surface area contributed by atoms with Crippen LogP contribution in [0, 0.1) is 11.6 Å². The SMILES string of the molecule is NC(=O)c1cc(Nc2cc(F)cc(Cl)c2)c(F)cc1N. The van der Waals surface area contributed by atoms with Gasteiger partial charge in [-0.3, -0.25) is 4.79 Å². The third-order valence-electron chi connectivity index (χ3n) is 2.55. The number of rotatable bonds is 3. The van der Waals surface area contributed by atoms with Crippen LogP contribution < -0.4 is 16.8 Å². The number of nitrogens with two attached hydrogens (primary N) is 2. The highest BCUT2D eigenvalue weighted by molar-refractivity contribution is 6.30. The minimum Gasteiger partial charge on any atom is -0.398 e. The van der Waals surface area contributed by atoms with Gasteiger partial charge in [0.2, 0.25) is 0 Å². The average molecular weight is 298 g/mol. The molecule has 0 fully saturated rings. The van der Waals surface area contributed by atoms with Gasteiger partial charge in [-0.15, -0.1) is 0 Å². The molecule has 0 unspecified atom stereocenters. The lowest BCUT2D eigenvalue weighted by Crippen LogP contribution is -2.14. The Morgan fingerprint density at radius 1 is 1.15 bits per heavy atom. The summed E-state index contributed by atoms with van der Waals surface area (Å²) >= 11 is 5.70. The molecule has 0 aromatic heterocycles. The second kappa shape index (κ2) is 5.34. The number of hydrogen-bond donors (Lipinski definition) is 3. The summed E-state index contributed by atoms with van der Waals surface area (Å²) in [6.45, 7) is 0. The molecule has 0 saturated carbocycles. The second-order valence-electron chi connectivity index (χ2n) is 4.07. The van der Waals surface area contributed by atoms with Crippen LogP contribution in [-0.2, 0) is 0 Å². The van der Waals surface area contributed by atoms with Gasteiger partial charge in [-0.05, 0) is 30.3 Å². The molecular formula is C13H10ClF2N3O. The lowest BCUT2D eigenvalue weighted by molar-refractivity contribution is 0.100. The molecule has 0 heterocycles. The van der Waals surface area contributed by atoms with E-state index < -0.39 is 17.5 Å². The molecule has 0 aliphatic carbocycles. The molecule has 0 bridgehead atoms. The van der Waals surface area contributed by atoms with E-state index in [1.807, 2.05) is 0 Å². The van der Waals surface area contributed by atoms with Crippen molar-refractivity contribution in [1.29, 1.82) is 0 Å². The number of anilines is 3. The predicted molar refractivity (Wildman–Crippen MR) is 74.0 cm³/mol. The highest BCUT2D eigenvalue weighted by Gasteiger charge is 2.12. The summed E-state index contributed by atoms with van der Waals surface area (Å²) < 4.78 is 26.9. The molecule has 4 nitrogen and oxygen atoms in total. The maximum Gasteiger partial charge on any atom is 0.250 e. The van der Waals surface area contributed by atoms with Crippen LogP contribution in [0.3, 0.4) is 0 Å². The number of nitrogen functional groups attached to an aromatic ring is 1. The van der Waals surface area contributed by atoms with E-state index in [0.717, 1.165) is 24.3 Å². The first-order chi connectivity index (χ1) is 9.36. The molecule has 20 heavy (non-hydrogen) atoms. The predicted octanol–water partition coefficient (Wildman–Crippen LogP) is 3.04. The van der Waals surface area contributed by atoms with Crippen molar-refractivity contribution in [3.05, 3.63) is 52.6 Å². The summed E-state index contributed by atoms with van der Waals surface area (Å²) in [6.07, 6.45) is 0. The van der Waals surface area contributed by atoms with Gasteiger partial charge in [0.25, 0.3) is 5.91 Å². The van der Waals surface area contributed by atoms with Gasteiger partial charge in [0.05, 0.1) is 11.3 Å². The number of benzene rings is 2. The maximum atomic E-state index is 13.8. The average Bonchev–Trinajstić information content (AvgIpc) is 2.30. The highest BCUT2D eigenvalue weighted by atomic mass is 35.5. The van der Waals surface area contributed by atoms with Crippen molar-refractivity contribution in [3.63, 3.8) is 0 Å². The van der Waals surface area contributed by atoms with Crippen molar-refractivity contribution >= 4 is 34.6 Å². The van der Waals surface area contributed by atoms with E-state index in [2.05, 4.69) is 5.32 Å². The van der Waals surface area contributed by atoms with Crippen molar-refractivity contribution in [2.24, 2.45) is 5.73 Å². The smallest absolute Gasteiger partial charge is 0.250 e. The fourth-order valence-electron chi connectivity index (χ4n) is 1.68. The zero-order valence-electron chi connectivity index (χ0n) is 10.1. The van der Waals surface area contributed by atoms with Gasteiger partial charge >= 0.3 is 0 Å². The zero-order valence-corrected chi connectivity index (χ0v) is 10.8. The van der Waals surface area contributed by atoms with E-state index in [4.69, 9.17) is 23.1 Å². The standard InChI is InChI=1S/C13H10ClF2N3O/c14-6-1-7(15)3-8(2-6)19-12-4-9(13(18)20)11(17)5-10(12)16/h1-5,19H,17H2,(H2,18,20). The molecule has 2 aromatic carbocycles. The zero-order chi connectivity index (χ0) is 14.9. The van der Waals surface area contributed by atoms with E-state index in [1.165, 1.54) is 6.07 Å². The summed E-state index contributed by atoms with van der Waals surface area (Å²) in [5.41, 5.74) is 10.7. The number of hydrogen-bond acceptors (Lipinski definition) is 3. The monoisotopic (exact) mass is 297 g/mol. The molecule has 2 rings (SSSR count). The first kappa shape index (κ1) is 14.1. The lowest BCUT2D eigenvalue weighted by atomic mass is 10.1. The van der Waals surface area contributed by atoms with Crippen molar-refractivity contribution < 1.29 is 13.6 Å². The molecule has 0 atom stereocenters. The number of amides is 1. The van der Waals surface area contributed by atoms with E-state index in [1.54, 1.807) is 0 Å². The van der Waals surface area contributed by atoms with Gasteiger partial charge < -0.3 is 16.8 Å². The Bertz CT molecular complexity index is 671. The minimum atomic E-state index is -0.789. The Morgan fingerprint density at radius 2 is 1.85 bits per heavy atom. The molecule has 0 saturated heterocycles. The Balaban J connectivity index is 2.42. The fourth-order valence-corrected chi connectivity index (χ4v) is 1.90. The molecule has 2 aromatic rings. The van der Waals surface area contributed by atoms with Gasteiger partial charge in [0.1, 0.15) is 11.6 Å². The Hall–Kier alpha value is -2.34. The van der Waals surface area contributed by atoms with E-state index >= 15 is 0 Å². The summed E-state index contributed by atoms with van der Waals surface area (Å²) in [7, 11) is 0. The van der Waals surface area contributed by atoms with Crippen LogP contribution in [0.5, 0.6) is 0 Å². The van der Waals surface area contributed by atoms with Crippen molar-refractivity contribution in [1.82, 2.24) is 0 Å². The van der Waals surface area contributed by atoms with Gasteiger partial charge in [-0.25, -0.2) is 8.78 Å². The molecule has 7 heteroatoms. The lowest BCUT2D eigenvalue weighted by Gasteiger charge is -2.11. The van der Waals surface area contributed by atoms with E-state index in [0.29, 0.717) is 0 Å². The van der Waals surface area contributed by atoms with Gasteiger partial charge in [0, 0.05) is 16.4 Å². The quantitative estimate of drug-likeness (QED) is 0.762. The highest BCUT2D eigenvalue weighted by Crippen LogP contribution is 2.27. The fraction of sp³-hybridized carbons (Fsp3) is 0. The molecule has 104 valence electrons. The molecular weight excluding hydrogens is 288 g/mol. The maximum absolute atomic E-state index is 13.8. The van der Waals surface area contributed by atoms with Crippen molar-refractivity contribution in [3.8, 4) is 0 Å². The van der Waals surface area contributed by atoms with Gasteiger partial charge in [-0.2, -0.15) is 0 Å². The van der Waals surface area contributed by atoms with Crippen LogP contribution in [0.2, 0.25) is 5.02 Å². The molecule has 0 aliphatic rings. The first-order valence-electron chi connectivity index (χ1n) is 5.49. The second-order valence-corrected chi connectivity index (χ2v) is 4.50. The molecule has 5 N–H and O–H groups in total. The van der Waals surface area contributed by atoms with Crippen LogP contribution in [0.25, 0.3) is 0 Å². The van der Waals surface area contributed by atoms with Gasteiger partial charge in [-0.1, -0.05) is 11.6 Å². The third-order valence-corrected chi connectivity index (χ3v) is 2.76. The number of carbonyl (C=O) groups is 1. The molecule has 0 spiro atoms. The topological polar surface area (TPSA) is 81.1 Å². The summed E-state index contributed by atoms with van der Waals surface area (Å²) in [5.74, 6) is -2.07. The van der Waals surface area contributed by atoms with E-state index in [9.17, 15) is 13.6 Å². The van der Waals surface area contributed by atoms with Crippen LogP contribution >= 0.6 is 11.6 Å². The van der Waals surface area contributed by atoms with Crippen LogP contribution in [-0.4, -0.2) is 5.91 Å². The number of carbonyl (C=O) groups excluding carboxylic acids is 1. The van der Waals surface area contributed by atoms with E-state index in [-0.39, 0.29) is 27.6 Å². The number of primary amides is 1.